The minimum absolute atomic E-state index is 0.0461. The van der Waals surface area contributed by atoms with E-state index >= 15 is 0 Å². The number of Topliss-reactive ketones (excluding diaryl/α,β-unsaturated/α-hetero) is 1. The highest BCUT2D eigenvalue weighted by Gasteiger charge is 2.48. The van der Waals surface area contributed by atoms with E-state index in [0.29, 0.717) is 5.56 Å². The van der Waals surface area contributed by atoms with Crippen LogP contribution in [0.5, 0.6) is 0 Å². The van der Waals surface area contributed by atoms with Crippen LogP contribution in [-0.4, -0.2) is 23.5 Å². The van der Waals surface area contributed by atoms with E-state index in [2.05, 4.69) is 0 Å². The summed E-state index contributed by atoms with van der Waals surface area (Å²) in [5.41, 5.74) is 0.319. The Labute approximate surface area is 151 Å². The Morgan fingerprint density at radius 3 is 2.54 bits per heavy atom. The lowest BCUT2D eigenvalue weighted by Gasteiger charge is -2.39. The van der Waals surface area contributed by atoms with Crippen molar-refractivity contribution >= 4 is 35.0 Å². The summed E-state index contributed by atoms with van der Waals surface area (Å²) in [4.78, 5) is 24.7. The number of carbonyl (C=O) groups excluding carboxylic acids is 2. The van der Waals surface area contributed by atoms with Crippen LogP contribution in [0.25, 0.3) is 0 Å². The number of ketones is 1. The van der Waals surface area contributed by atoms with E-state index in [9.17, 15) is 14.7 Å². The van der Waals surface area contributed by atoms with Gasteiger partial charge in [0.15, 0.2) is 5.78 Å². The molecule has 1 aliphatic rings. The molecule has 4 nitrogen and oxygen atoms in total. The number of esters is 1. The molecule has 0 amide bonds. The summed E-state index contributed by atoms with van der Waals surface area (Å²) in [6.45, 7) is 3.79. The maximum atomic E-state index is 12.6. The molecule has 0 saturated heterocycles. The molecule has 1 aromatic carbocycles. The van der Waals surface area contributed by atoms with E-state index in [1.807, 2.05) is 19.1 Å². The van der Waals surface area contributed by atoms with E-state index in [4.69, 9.17) is 27.9 Å². The van der Waals surface area contributed by atoms with Crippen molar-refractivity contribution < 1.29 is 19.4 Å². The quantitative estimate of drug-likeness (QED) is 0.648. The maximum absolute atomic E-state index is 12.6. The topological polar surface area (TPSA) is 63.6 Å². The molecule has 1 N–H and O–H groups in total. The Morgan fingerprint density at radius 2 is 2.00 bits per heavy atom. The zero-order valence-electron chi connectivity index (χ0n) is 13.6. The van der Waals surface area contributed by atoms with Crippen molar-refractivity contribution in [1.29, 1.82) is 0 Å². The Morgan fingerprint density at radius 1 is 1.38 bits per heavy atom. The molecular weight excluding hydrogens is 351 g/mol. The van der Waals surface area contributed by atoms with E-state index in [1.165, 1.54) is 6.08 Å². The van der Waals surface area contributed by atoms with Crippen molar-refractivity contribution in [2.75, 3.05) is 6.61 Å². The number of ether oxygens (including phenoxy) is 1. The summed E-state index contributed by atoms with van der Waals surface area (Å²) in [5.74, 6) is -2.60. The van der Waals surface area contributed by atoms with E-state index < -0.39 is 23.4 Å². The van der Waals surface area contributed by atoms with Crippen molar-refractivity contribution in [3.63, 3.8) is 0 Å². The summed E-state index contributed by atoms with van der Waals surface area (Å²) in [5, 5.41) is 11.0. The van der Waals surface area contributed by atoms with E-state index in [0.717, 1.165) is 5.56 Å². The van der Waals surface area contributed by atoms with E-state index in [1.54, 1.807) is 19.1 Å². The highest BCUT2D eigenvalue weighted by Crippen LogP contribution is 2.43. The van der Waals surface area contributed by atoms with Gasteiger partial charge in [-0.25, -0.2) is 0 Å². The third kappa shape index (κ3) is 4.18. The predicted octanol–water partition coefficient (Wildman–Crippen LogP) is 3.66. The predicted molar refractivity (Wildman–Crippen MR) is 92.7 cm³/mol. The number of aliphatic hydroxyl groups is 1. The van der Waals surface area contributed by atoms with Crippen LogP contribution in [-0.2, 0) is 19.9 Å². The van der Waals surface area contributed by atoms with Crippen LogP contribution >= 0.6 is 23.2 Å². The average molecular weight is 371 g/mol. The standard InChI is InChI=1S/C18H20Cl2O4/c1-3-24-17(22)16-12(8-15(19)20)9-18(23,10-14(16)21)13-6-4-11(2)5-7-13/h4-8,12,16,23H,3,9-10H2,1-2H3/t12-,16-,18+/m0/s1. The second-order valence-corrected chi connectivity index (χ2v) is 7.10. The Hall–Kier alpha value is -1.36. The number of aryl methyl sites for hydroxylation is 1. The van der Waals surface area contributed by atoms with Gasteiger partial charge in [0, 0.05) is 12.3 Å². The minimum atomic E-state index is -1.36. The van der Waals surface area contributed by atoms with Crippen LogP contribution in [0.2, 0.25) is 0 Å². The molecule has 0 aromatic heterocycles. The normalized spacial score (nSPS) is 26.8. The first-order valence-corrected chi connectivity index (χ1v) is 8.54. The molecular formula is C18H20Cl2O4. The Bertz CT molecular complexity index is 649. The zero-order chi connectivity index (χ0) is 17.9. The molecule has 130 valence electrons. The molecule has 2 rings (SSSR count). The van der Waals surface area contributed by atoms with Crippen LogP contribution in [0.1, 0.15) is 30.9 Å². The van der Waals surface area contributed by atoms with Gasteiger partial charge in [-0.1, -0.05) is 53.0 Å². The molecule has 0 bridgehead atoms. The smallest absolute Gasteiger partial charge is 0.317 e. The van der Waals surface area contributed by atoms with Gasteiger partial charge in [-0.2, -0.15) is 0 Å². The van der Waals surface area contributed by atoms with Crippen LogP contribution in [0.3, 0.4) is 0 Å². The van der Waals surface area contributed by atoms with Crippen molar-refractivity contribution in [1.82, 2.24) is 0 Å². The molecule has 3 atom stereocenters. The fraction of sp³-hybridized carbons (Fsp3) is 0.444. The molecule has 1 fully saturated rings. The van der Waals surface area contributed by atoms with Crippen LogP contribution < -0.4 is 0 Å². The lowest BCUT2D eigenvalue weighted by atomic mass is 9.68. The first kappa shape index (κ1) is 19.0. The number of hydrogen-bond acceptors (Lipinski definition) is 4. The maximum Gasteiger partial charge on any atom is 0.317 e. The van der Waals surface area contributed by atoms with Crippen LogP contribution in [0.15, 0.2) is 34.8 Å². The van der Waals surface area contributed by atoms with Gasteiger partial charge in [-0.15, -0.1) is 0 Å². The lowest BCUT2D eigenvalue weighted by molar-refractivity contribution is -0.159. The highest BCUT2D eigenvalue weighted by atomic mass is 35.5. The SMILES string of the molecule is CCOC(=O)[C@@H]1C(=O)C[C@@](O)(c2ccc(C)cc2)C[C@@H]1C=C(Cl)Cl. The second-order valence-electron chi connectivity index (χ2n) is 6.09. The van der Waals surface area contributed by atoms with Gasteiger partial charge in [-0.05, 0) is 31.9 Å². The molecule has 0 spiro atoms. The van der Waals surface area contributed by atoms with Gasteiger partial charge in [-0.3, -0.25) is 9.59 Å². The minimum Gasteiger partial charge on any atom is -0.465 e. The summed E-state index contributed by atoms with van der Waals surface area (Å²) >= 11 is 11.5. The highest BCUT2D eigenvalue weighted by molar-refractivity contribution is 6.55. The third-order valence-electron chi connectivity index (χ3n) is 4.28. The number of halogens is 2. The van der Waals surface area contributed by atoms with Crippen molar-refractivity contribution in [3.05, 3.63) is 46.0 Å². The summed E-state index contributed by atoms with van der Waals surface area (Å²) in [7, 11) is 0. The van der Waals surface area contributed by atoms with Gasteiger partial charge in [0.25, 0.3) is 0 Å². The van der Waals surface area contributed by atoms with Crippen molar-refractivity contribution in [2.24, 2.45) is 11.8 Å². The monoisotopic (exact) mass is 370 g/mol. The molecule has 1 aromatic rings. The molecule has 24 heavy (non-hydrogen) atoms. The number of allylic oxidation sites excluding steroid dienone is 1. The number of carbonyl (C=O) groups is 2. The molecule has 0 radical (unpaired) electrons. The number of benzene rings is 1. The fourth-order valence-corrected chi connectivity index (χ4v) is 3.48. The average Bonchev–Trinajstić information content (AvgIpc) is 2.46. The first-order valence-electron chi connectivity index (χ1n) is 7.78. The van der Waals surface area contributed by atoms with Crippen molar-refractivity contribution in [3.8, 4) is 0 Å². The zero-order valence-corrected chi connectivity index (χ0v) is 15.1. The van der Waals surface area contributed by atoms with Gasteiger partial charge in [0.05, 0.1) is 12.2 Å². The molecule has 0 aliphatic heterocycles. The first-order chi connectivity index (χ1) is 11.3. The summed E-state index contributed by atoms with van der Waals surface area (Å²) in [6, 6.07) is 7.32. The number of hydrogen-bond donors (Lipinski definition) is 1. The lowest BCUT2D eigenvalue weighted by Crippen LogP contribution is -2.45. The molecule has 0 heterocycles. The van der Waals surface area contributed by atoms with E-state index in [-0.39, 0.29) is 29.7 Å². The largest absolute Gasteiger partial charge is 0.465 e. The molecule has 1 aliphatic carbocycles. The fourth-order valence-electron chi connectivity index (χ4n) is 3.16. The molecule has 6 heteroatoms. The molecule has 1 saturated carbocycles. The van der Waals surface area contributed by atoms with Gasteiger partial charge >= 0.3 is 5.97 Å². The Kier molecular flexibility index (Phi) is 6.07. The Balaban J connectivity index is 2.37. The summed E-state index contributed by atoms with van der Waals surface area (Å²) in [6.07, 6.45) is 1.44. The van der Waals surface area contributed by atoms with Gasteiger partial charge < -0.3 is 9.84 Å². The van der Waals surface area contributed by atoms with Gasteiger partial charge in [0.1, 0.15) is 10.4 Å². The third-order valence-corrected chi connectivity index (χ3v) is 4.54. The summed E-state index contributed by atoms with van der Waals surface area (Å²) < 4.78 is 4.95. The van der Waals surface area contributed by atoms with Crippen LogP contribution in [0, 0.1) is 18.8 Å². The second kappa shape index (κ2) is 7.68. The van der Waals surface area contributed by atoms with Gasteiger partial charge in [0.2, 0.25) is 0 Å². The van der Waals surface area contributed by atoms with Crippen LogP contribution in [0.4, 0.5) is 0 Å². The molecule has 0 unspecified atom stereocenters. The van der Waals surface area contributed by atoms with Crippen molar-refractivity contribution in [2.45, 2.75) is 32.3 Å². The number of rotatable bonds is 4.